The zero-order chi connectivity index (χ0) is 13.5. The maximum Gasteiger partial charge on any atom is 0.422 e. The molecule has 0 heterocycles. The van der Waals surface area contributed by atoms with E-state index in [4.69, 9.17) is 0 Å². The SMILES string of the molecule is CC(C)(C)C(O)(c1ccccc1F)C(F)(F)F. The molecular weight excluding hydrogens is 236 g/mol. The molecule has 1 rings (SSSR count). The Labute approximate surface area is 97.1 Å². The van der Waals surface area contributed by atoms with Gasteiger partial charge in [0.15, 0.2) is 5.60 Å². The minimum Gasteiger partial charge on any atom is -0.376 e. The number of alkyl halides is 3. The lowest BCUT2D eigenvalue weighted by atomic mass is 9.71. The predicted octanol–water partition coefficient (Wildman–Crippen LogP) is 3.62. The standard InChI is InChI=1S/C12H14F4O/c1-10(2,3)11(17,12(14,15)16)8-6-4-5-7-9(8)13/h4-7,17H,1-3H3. The van der Waals surface area contributed by atoms with Crippen molar-refractivity contribution >= 4 is 0 Å². The van der Waals surface area contributed by atoms with Gasteiger partial charge in [0.25, 0.3) is 0 Å². The van der Waals surface area contributed by atoms with Crippen LogP contribution in [0.1, 0.15) is 26.3 Å². The molecule has 5 heteroatoms. The number of rotatable bonds is 1. The van der Waals surface area contributed by atoms with Crippen LogP contribution in [0.5, 0.6) is 0 Å². The molecule has 1 aromatic carbocycles. The van der Waals surface area contributed by atoms with Crippen molar-refractivity contribution in [3.63, 3.8) is 0 Å². The molecule has 0 saturated carbocycles. The average molecular weight is 250 g/mol. The molecule has 0 aliphatic heterocycles. The fraction of sp³-hybridized carbons (Fsp3) is 0.500. The lowest BCUT2D eigenvalue weighted by molar-refractivity contribution is -0.303. The molecule has 1 nitrogen and oxygen atoms in total. The van der Waals surface area contributed by atoms with Crippen LogP contribution < -0.4 is 0 Å². The van der Waals surface area contributed by atoms with Gasteiger partial charge in [0.2, 0.25) is 0 Å². The first-order valence-electron chi connectivity index (χ1n) is 5.06. The molecule has 1 unspecified atom stereocenters. The summed E-state index contributed by atoms with van der Waals surface area (Å²) in [6.07, 6.45) is -4.95. The molecule has 0 radical (unpaired) electrons. The third kappa shape index (κ3) is 2.16. The monoisotopic (exact) mass is 250 g/mol. The Bertz CT molecular complexity index is 390. The molecule has 1 N–H and O–H groups in total. The van der Waals surface area contributed by atoms with E-state index in [-0.39, 0.29) is 0 Å². The number of halogens is 4. The Morgan fingerprint density at radius 3 is 1.82 bits per heavy atom. The third-order valence-corrected chi connectivity index (χ3v) is 2.76. The maximum absolute atomic E-state index is 13.5. The van der Waals surface area contributed by atoms with Gasteiger partial charge in [0.1, 0.15) is 5.82 Å². The molecular formula is C12H14F4O. The molecule has 0 bridgehead atoms. The number of hydrogen-bond acceptors (Lipinski definition) is 1. The van der Waals surface area contributed by atoms with Crippen molar-refractivity contribution in [2.75, 3.05) is 0 Å². The smallest absolute Gasteiger partial charge is 0.376 e. The molecule has 0 saturated heterocycles. The van der Waals surface area contributed by atoms with Crippen LogP contribution >= 0.6 is 0 Å². The maximum atomic E-state index is 13.5. The van der Waals surface area contributed by atoms with Gasteiger partial charge in [-0.05, 0) is 6.07 Å². The number of aliphatic hydroxyl groups is 1. The highest BCUT2D eigenvalue weighted by atomic mass is 19.4. The Hall–Kier alpha value is -1.10. The normalized spacial score (nSPS) is 16.7. The van der Waals surface area contributed by atoms with Crippen molar-refractivity contribution < 1.29 is 22.7 Å². The topological polar surface area (TPSA) is 20.2 Å². The van der Waals surface area contributed by atoms with Gasteiger partial charge in [-0.15, -0.1) is 0 Å². The van der Waals surface area contributed by atoms with Crippen molar-refractivity contribution in [1.82, 2.24) is 0 Å². The van der Waals surface area contributed by atoms with E-state index in [1.54, 1.807) is 0 Å². The molecule has 0 fully saturated rings. The number of hydrogen-bond donors (Lipinski definition) is 1. The van der Waals surface area contributed by atoms with Crippen LogP contribution in [0.2, 0.25) is 0 Å². The Morgan fingerprint density at radius 1 is 1.00 bits per heavy atom. The van der Waals surface area contributed by atoms with Gasteiger partial charge in [-0.3, -0.25) is 0 Å². The first-order chi connectivity index (χ1) is 7.52. The Morgan fingerprint density at radius 2 is 1.47 bits per heavy atom. The highest BCUT2D eigenvalue weighted by Gasteiger charge is 2.62. The molecule has 0 amide bonds. The number of benzene rings is 1. The largest absolute Gasteiger partial charge is 0.422 e. The van der Waals surface area contributed by atoms with Crippen LogP contribution in [0.15, 0.2) is 24.3 Å². The Balaban J connectivity index is 3.53. The molecule has 96 valence electrons. The van der Waals surface area contributed by atoms with E-state index in [0.29, 0.717) is 0 Å². The van der Waals surface area contributed by atoms with Gasteiger partial charge < -0.3 is 5.11 Å². The molecule has 0 aliphatic carbocycles. The summed E-state index contributed by atoms with van der Waals surface area (Å²) in [6.45, 7) is 3.65. The van der Waals surface area contributed by atoms with Crippen molar-refractivity contribution in [3.05, 3.63) is 35.6 Å². The van der Waals surface area contributed by atoms with Gasteiger partial charge >= 0.3 is 6.18 Å². The van der Waals surface area contributed by atoms with Crippen LogP contribution in [0, 0.1) is 11.2 Å². The molecule has 17 heavy (non-hydrogen) atoms. The second-order valence-corrected chi connectivity index (χ2v) is 4.94. The second-order valence-electron chi connectivity index (χ2n) is 4.94. The summed E-state index contributed by atoms with van der Waals surface area (Å²) in [5, 5.41) is 9.97. The van der Waals surface area contributed by atoms with Crippen LogP contribution in [-0.4, -0.2) is 11.3 Å². The van der Waals surface area contributed by atoms with E-state index in [1.165, 1.54) is 32.9 Å². The fourth-order valence-electron chi connectivity index (χ4n) is 1.74. The van der Waals surface area contributed by atoms with Crippen molar-refractivity contribution in [2.45, 2.75) is 32.5 Å². The molecule has 0 aromatic heterocycles. The average Bonchev–Trinajstić information content (AvgIpc) is 2.13. The summed E-state index contributed by atoms with van der Waals surface area (Å²) >= 11 is 0. The van der Waals surface area contributed by atoms with Crippen LogP contribution in [0.25, 0.3) is 0 Å². The lowest BCUT2D eigenvalue weighted by Crippen LogP contribution is -2.52. The van der Waals surface area contributed by atoms with Crippen molar-refractivity contribution in [2.24, 2.45) is 5.41 Å². The van der Waals surface area contributed by atoms with Gasteiger partial charge in [-0.2, -0.15) is 13.2 Å². The summed E-state index contributed by atoms with van der Waals surface area (Å²) in [5.74, 6) is -1.07. The Kier molecular flexibility index (Phi) is 3.27. The molecule has 1 aromatic rings. The van der Waals surface area contributed by atoms with E-state index in [9.17, 15) is 22.7 Å². The minimum atomic E-state index is -4.95. The first-order valence-corrected chi connectivity index (χ1v) is 5.06. The van der Waals surface area contributed by atoms with E-state index in [1.807, 2.05) is 0 Å². The highest BCUT2D eigenvalue weighted by Crippen LogP contribution is 2.51. The summed E-state index contributed by atoms with van der Waals surface area (Å²) in [4.78, 5) is 0. The zero-order valence-electron chi connectivity index (χ0n) is 9.77. The van der Waals surface area contributed by atoms with E-state index >= 15 is 0 Å². The van der Waals surface area contributed by atoms with Gasteiger partial charge in [0, 0.05) is 11.0 Å². The van der Waals surface area contributed by atoms with E-state index < -0.39 is 28.6 Å². The minimum absolute atomic E-state index is 0.750. The summed E-state index contributed by atoms with van der Waals surface area (Å²) in [7, 11) is 0. The van der Waals surface area contributed by atoms with Crippen LogP contribution in [0.4, 0.5) is 17.6 Å². The quantitative estimate of drug-likeness (QED) is 0.755. The third-order valence-electron chi connectivity index (χ3n) is 2.76. The van der Waals surface area contributed by atoms with Gasteiger partial charge in [-0.1, -0.05) is 39.0 Å². The summed E-state index contributed by atoms with van der Waals surface area (Å²) < 4.78 is 52.6. The van der Waals surface area contributed by atoms with Crippen LogP contribution in [-0.2, 0) is 5.60 Å². The van der Waals surface area contributed by atoms with E-state index in [2.05, 4.69) is 0 Å². The van der Waals surface area contributed by atoms with E-state index in [0.717, 1.165) is 12.1 Å². The van der Waals surface area contributed by atoms with Gasteiger partial charge in [0.05, 0.1) is 0 Å². The first kappa shape index (κ1) is 14.0. The molecule has 1 atom stereocenters. The second kappa shape index (κ2) is 3.98. The fourth-order valence-corrected chi connectivity index (χ4v) is 1.74. The molecule has 0 aliphatic rings. The van der Waals surface area contributed by atoms with Crippen LogP contribution in [0.3, 0.4) is 0 Å². The van der Waals surface area contributed by atoms with Crippen molar-refractivity contribution in [3.8, 4) is 0 Å². The van der Waals surface area contributed by atoms with Gasteiger partial charge in [-0.25, -0.2) is 4.39 Å². The summed E-state index contributed by atoms with van der Waals surface area (Å²) in [5.41, 5.74) is -5.54. The summed E-state index contributed by atoms with van der Waals surface area (Å²) in [6, 6.07) is 4.39. The highest BCUT2D eigenvalue weighted by molar-refractivity contribution is 5.28. The van der Waals surface area contributed by atoms with Crippen molar-refractivity contribution in [1.29, 1.82) is 0 Å². The lowest BCUT2D eigenvalue weighted by Gasteiger charge is -2.41. The predicted molar refractivity (Wildman–Crippen MR) is 55.8 cm³/mol. The zero-order valence-corrected chi connectivity index (χ0v) is 9.77. The molecule has 0 spiro atoms.